The molecule has 20 heavy (non-hydrogen) atoms. The molecule has 0 saturated carbocycles. The Labute approximate surface area is 116 Å². The lowest BCUT2D eigenvalue weighted by atomic mass is 10.2. The summed E-state index contributed by atoms with van der Waals surface area (Å²) >= 11 is 0. The average Bonchev–Trinajstić information content (AvgIpc) is 2.44. The number of rotatable bonds is 6. The molecule has 1 aromatic heterocycles. The molecule has 5 heteroatoms. The summed E-state index contributed by atoms with van der Waals surface area (Å²) in [5.74, 6) is -0.917. The van der Waals surface area contributed by atoms with Gasteiger partial charge in [-0.05, 0) is 18.6 Å². The van der Waals surface area contributed by atoms with Crippen molar-refractivity contribution in [1.29, 1.82) is 0 Å². The van der Waals surface area contributed by atoms with Crippen LogP contribution in [0.5, 0.6) is 0 Å². The molecule has 0 aliphatic rings. The van der Waals surface area contributed by atoms with E-state index >= 15 is 0 Å². The molecule has 0 atom stereocenters. The van der Waals surface area contributed by atoms with E-state index in [4.69, 9.17) is 5.11 Å². The van der Waals surface area contributed by atoms with E-state index in [1.54, 1.807) is 4.57 Å². The maximum Gasteiger partial charge on any atom is 0.303 e. The molecular weight excluding hydrogens is 256 g/mol. The maximum absolute atomic E-state index is 12.4. The SMILES string of the molecule is CCCCn1c(=O)c(CCC(=O)O)nc2ccccc21. The molecular formula is C15H18N2O3. The Kier molecular flexibility index (Phi) is 4.50. The third kappa shape index (κ3) is 3.04. The topological polar surface area (TPSA) is 72.2 Å². The van der Waals surface area contributed by atoms with Crippen LogP contribution in [0.3, 0.4) is 0 Å². The standard InChI is InChI=1S/C15H18N2O3/c1-2-3-10-17-13-7-5-4-6-11(13)16-12(15(17)20)8-9-14(18)19/h4-7H,2-3,8-10H2,1H3,(H,18,19). The number of para-hydroxylation sites is 2. The van der Waals surface area contributed by atoms with Gasteiger partial charge in [0.25, 0.3) is 5.56 Å². The third-order valence-electron chi connectivity index (χ3n) is 3.23. The Morgan fingerprint density at radius 3 is 2.80 bits per heavy atom. The summed E-state index contributed by atoms with van der Waals surface area (Å²) in [6.07, 6.45) is 2.00. The Balaban J connectivity index is 2.51. The van der Waals surface area contributed by atoms with Gasteiger partial charge in [0, 0.05) is 13.0 Å². The van der Waals surface area contributed by atoms with Crippen molar-refractivity contribution in [2.75, 3.05) is 0 Å². The lowest BCUT2D eigenvalue weighted by Gasteiger charge is -2.11. The van der Waals surface area contributed by atoms with Crippen LogP contribution in [0, 0.1) is 0 Å². The quantitative estimate of drug-likeness (QED) is 0.876. The van der Waals surface area contributed by atoms with Crippen LogP contribution < -0.4 is 5.56 Å². The van der Waals surface area contributed by atoms with Gasteiger partial charge in [-0.1, -0.05) is 25.5 Å². The van der Waals surface area contributed by atoms with E-state index in [-0.39, 0.29) is 18.4 Å². The highest BCUT2D eigenvalue weighted by atomic mass is 16.4. The lowest BCUT2D eigenvalue weighted by molar-refractivity contribution is -0.136. The molecule has 2 aromatic rings. The van der Waals surface area contributed by atoms with Crippen molar-refractivity contribution in [1.82, 2.24) is 9.55 Å². The average molecular weight is 274 g/mol. The van der Waals surface area contributed by atoms with E-state index in [1.165, 1.54) is 0 Å². The molecule has 2 rings (SSSR count). The van der Waals surface area contributed by atoms with Crippen LogP contribution in [0.25, 0.3) is 11.0 Å². The Morgan fingerprint density at radius 1 is 1.35 bits per heavy atom. The van der Waals surface area contributed by atoms with Gasteiger partial charge in [-0.2, -0.15) is 0 Å². The zero-order valence-corrected chi connectivity index (χ0v) is 11.5. The molecule has 0 amide bonds. The molecule has 0 spiro atoms. The zero-order chi connectivity index (χ0) is 14.5. The Morgan fingerprint density at radius 2 is 2.10 bits per heavy atom. The minimum absolute atomic E-state index is 0.0750. The molecule has 0 saturated heterocycles. The largest absolute Gasteiger partial charge is 0.481 e. The number of carboxylic acids is 1. The number of fused-ring (bicyclic) bond motifs is 1. The Bertz CT molecular complexity index is 676. The van der Waals surface area contributed by atoms with Crippen LogP contribution in [0.2, 0.25) is 0 Å². The molecule has 1 N–H and O–H groups in total. The summed E-state index contributed by atoms with van der Waals surface area (Å²) in [7, 11) is 0. The van der Waals surface area contributed by atoms with E-state index in [1.807, 2.05) is 24.3 Å². The van der Waals surface area contributed by atoms with Gasteiger partial charge in [0.15, 0.2) is 0 Å². The minimum atomic E-state index is -0.917. The van der Waals surface area contributed by atoms with Crippen LogP contribution >= 0.6 is 0 Å². The molecule has 0 unspecified atom stereocenters. The number of benzene rings is 1. The first-order chi connectivity index (χ1) is 9.63. The summed E-state index contributed by atoms with van der Waals surface area (Å²) in [5, 5.41) is 8.75. The molecule has 5 nitrogen and oxygen atoms in total. The number of nitrogens with zero attached hydrogens (tertiary/aromatic N) is 2. The van der Waals surface area contributed by atoms with E-state index in [0.717, 1.165) is 23.9 Å². The molecule has 0 bridgehead atoms. The van der Waals surface area contributed by atoms with Crippen LogP contribution in [-0.4, -0.2) is 20.6 Å². The van der Waals surface area contributed by atoms with Crippen molar-refractivity contribution in [3.05, 3.63) is 40.3 Å². The van der Waals surface area contributed by atoms with Gasteiger partial charge < -0.3 is 9.67 Å². The number of carbonyl (C=O) groups is 1. The zero-order valence-electron chi connectivity index (χ0n) is 11.5. The van der Waals surface area contributed by atoms with Crippen molar-refractivity contribution in [2.45, 2.75) is 39.2 Å². The minimum Gasteiger partial charge on any atom is -0.481 e. The number of hydrogen-bond donors (Lipinski definition) is 1. The monoisotopic (exact) mass is 274 g/mol. The number of unbranched alkanes of at least 4 members (excludes halogenated alkanes) is 1. The van der Waals surface area contributed by atoms with E-state index in [9.17, 15) is 9.59 Å². The fourth-order valence-corrected chi connectivity index (χ4v) is 2.17. The number of aromatic nitrogens is 2. The van der Waals surface area contributed by atoms with Gasteiger partial charge in [0.05, 0.1) is 17.5 Å². The van der Waals surface area contributed by atoms with E-state index in [0.29, 0.717) is 12.2 Å². The third-order valence-corrected chi connectivity index (χ3v) is 3.23. The van der Waals surface area contributed by atoms with Crippen molar-refractivity contribution in [3.8, 4) is 0 Å². The first-order valence-electron chi connectivity index (χ1n) is 6.83. The normalized spacial score (nSPS) is 10.8. The molecule has 0 aliphatic heterocycles. The van der Waals surface area contributed by atoms with Crippen LogP contribution in [0.1, 0.15) is 31.9 Å². The number of carboxylic acid groups (broad SMARTS) is 1. The highest BCUT2D eigenvalue weighted by molar-refractivity contribution is 5.74. The fourth-order valence-electron chi connectivity index (χ4n) is 2.17. The van der Waals surface area contributed by atoms with Crippen LogP contribution in [-0.2, 0) is 17.8 Å². The first-order valence-corrected chi connectivity index (χ1v) is 6.83. The predicted molar refractivity (Wildman–Crippen MR) is 76.9 cm³/mol. The van der Waals surface area contributed by atoms with Gasteiger partial charge in [-0.25, -0.2) is 4.98 Å². The fraction of sp³-hybridized carbons (Fsp3) is 0.400. The molecule has 106 valence electrons. The van der Waals surface area contributed by atoms with Crippen molar-refractivity contribution < 1.29 is 9.90 Å². The second-order valence-corrected chi connectivity index (χ2v) is 4.75. The molecule has 1 heterocycles. The number of hydrogen-bond acceptors (Lipinski definition) is 3. The van der Waals surface area contributed by atoms with Gasteiger partial charge >= 0.3 is 5.97 Å². The van der Waals surface area contributed by atoms with E-state index < -0.39 is 5.97 Å². The number of aliphatic carboxylic acids is 1. The second kappa shape index (κ2) is 6.32. The second-order valence-electron chi connectivity index (χ2n) is 4.75. The van der Waals surface area contributed by atoms with E-state index in [2.05, 4.69) is 11.9 Å². The van der Waals surface area contributed by atoms with Gasteiger partial charge in [0.2, 0.25) is 0 Å². The maximum atomic E-state index is 12.4. The van der Waals surface area contributed by atoms with Gasteiger partial charge in [0.1, 0.15) is 5.69 Å². The number of aryl methyl sites for hydroxylation is 2. The van der Waals surface area contributed by atoms with Crippen molar-refractivity contribution in [2.24, 2.45) is 0 Å². The lowest BCUT2D eigenvalue weighted by Crippen LogP contribution is -2.26. The molecule has 0 aliphatic carbocycles. The molecule has 1 aromatic carbocycles. The predicted octanol–water partition coefficient (Wildman–Crippen LogP) is 2.21. The highest BCUT2D eigenvalue weighted by Crippen LogP contribution is 2.11. The summed E-state index contributed by atoms with van der Waals surface area (Å²) in [5.41, 5.74) is 1.72. The molecule has 0 fully saturated rings. The van der Waals surface area contributed by atoms with Crippen molar-refractivity contribution >= 4 is 17.0 Å². The first kappa shape index (κ1) is 14.2. The Hall–Kier alpha value is -2.17. The summed E-state index contributed by atoms with van der Waals surface area (Å²) < 4.78 is 1.71. The summed E-state index contributed by atoms with van der Waals surface area (Å²) in [6, 6.07) is 7.47. The summed E-state index contributed by atoms with van der Waals surface area (Å²) in [6.45, 7) is 2.71. The highest BCUT2D eigenvalue weighted by Gasteiger charge is 2.11. The smallest absolute Gasteiger partial charge is 0.303 e. The summed E-state index contributed by atoms with van der Waals surface area (Å²) in [4.78, 5) is 27.4. The molecule has 0 radical (unpaired) electrons. The van der Waals surface area contributed by atoms with Gasteiger partial charge in [-0.15, -0.1) is 0 Å². The van der Waals surface area contributed by atoms with Gasteiger partial charge in [-0.3, -0.25) is 9.59 Å². The van der Waals surface area contributed by atoms with Crippen molar-refractivity contribution in [3.63, 3.8) is 0 Å². The van der Waals surface area contributed by atoms with Crippen LogP contribution in [0.15, 0.2) is 29.1 Å². The van der Waals surface area contributed by atoms with Crippen LogP contribution in [0.4, 0.5) is 0 Å².